The molecule has 3 rings (SSSR count). The molecule has 1 unspecified atom stereocenters. The van der Waals surface area contributed by atoms with Crippen molar-refractivity contribution in [3.63, 3.8) is 0 Å². The fraction of sp³-hybridized carbons (Fsp3) is 0.818. The van der Waals surface area contributed by atoms with Crippen LogP contribution in [0.1, 0.15) is 31.6 Å². The smallest absolute Gasteiger partial charge is 0.318 e. The van der Waals surface area contributed by atoms with E-state index in [0.717, 1.165) is 19.4 Å². The number of rotatable bonds is 5. The van der Waals surface area contributed by atoms with E-state index in [0.29, 0.717) is 24.5 Å². The molecule has 2 N–H and O–H groups in total. The quantitative estimate of drug-likeness (QED) is 0.767. The van der Waals surface area contributed by atoms with Crippen LogP contribution in [-0.2, 0) is 6.54 Å². The lowest BCUT2D eigenvalue weighted by atomic mass is 10.2. The Bertz CT molecular complexity index is 377. The molecule has 6 heteroatoms. The Morgan fingerprint density at radius 3 is 3.00 bits per heavy atom. The third-order valence-corrected chi connectivity index (χ3v) is 3.41. The van der Waals surface area contributed by atoms with Gasteiger partial charge in [-0.3, -0.25) is 0 Å². The molecule has 1 aromatic heterocycles. The number of hydrogen-bond donors (Lipinski definition) is 2. The van der Waals surface area contributed by atoms with Crippen molar-refractivity contribution in [1.82, 2.24) is 15.5 Å². The van der Waals surface area contributed by atoms with Gasteiger partial charge in [0.05, 0.1) is 19.2 Å². The zero-order chi connectivity index (χ0) is 11.7. The van der Waals surface area contributed by atoms with Gasteiger partial charge in [-0.25, -0.2) is 0 Å². The van der Waals surface area contributed by atoms with Crippen LogP contribution >= 0.6 is 0 Å². The summed E-state index contributed by atoms with van der Waals surface area (Å²) < 4.78 is 5.61. The Hall–Kier alpha value is -1.14. The third kappa shape index (κ3) is 2.42. The first-order valence-corrected chi connectivity index (χ1v) is 6.30. The number of aromatic nitrogens is 2. The molecule has 1 saturated carbocycles. The molecular weight excluding hydrogens is 220 g/mol. The van der Waals surface area contributed by atoms with E-state index in [4.69, 9.17) is 4.42 Å². The van der Waals surface area contributed by atoms with Crippen LogP contribution in [0.2, 0.25) is 0 Å². The van der Waals surface area contributed by atoms with E-state index in [-0.39, 0.29) is 12.6 Å². The molecule has 0 radical (unpaired) electrons. The number of aliphatic hydroxyl groups is 1. The summed E-state index contributed by atoms with van der Waals surface area (Å²) in [6.45, 7) is 1.69. The summed E-state index contributed by atoms with van der Waals surface area (Å²) in [5, 5.41) is 20.7. The van der Waals surface area contributed by atoms with Crippen molar-refractivity contribution >= 4 is 6.01 Å². The zero-order valence-electron chi connectivity index (χ0n) is 9.80. The third-order valence-electron chi connectivity index (χ3n) is 3.41. The van der Waals surface area contributed by atoms with Crippen LogP contribution in [0.25, 0.3) is 0 Å². The molecule has 1 aliphatic heterocycles. The summed E-state index contributed by atoms with van der Waals surface area (Å²) in [6, 6.07) is 1.33. The molecule has 0 spiro atoms. The lowest BCUT2D eigenvalue weighted by Gasteiger charge is -2.19. The number of anilines is 1. The maximum Gasteiger partial charge on any atom is 0.318 e. The number of nitrogens with zero attached hydrogens (tertiary/aromatic N) is 3. The molecule has 17 heavy (non-hydrogen) atoms. The van der Waals surface area contributed by atoms with Crippen molar-refractivity contribution in [3.05, 3.63) is 5.89 Å². The minimum atomic E-state index is 0.139. The number of nitrogens with one attached hydrogen (secondary N) is 1. The Morgan fingerprint density at radius 1 is 1.35 bits per heavy atom. The van der Waals surface area contributed by atoms with E-state index in [1.165, 1.54) is 12.8 Å². The van der Waals surface area contributed by atoms with Crippen LogP contribution in [0.5, 0.6) is 0 Å². The van der Waals surface area contributed by atoms with E-state index < -0.39 is 0 Å². The Morgan fingerprint density at radius 2 is 2.24 bits per heavy atom. The van der Waals surface area contributed by atoms with Gasteiger partial charge in [0.25, 0.3) is 0 Å². The predicted octanol–water partition coefficient (Wildman–Crippen LogP) is 0.283. The Labute approximate surface area is 100 Å². The highest BCUT2D eigenvalue weighted by Gasteiger charge is 2.28. The molecule has 94 valence electrons. The molecule has 2 heterocycles. The molecule has 0 bridgehead atoms. The second-order valence-corrected chi connectivity index (χ2v) is 4.81. The minimum Gasteiger partial charge on any atom is -0.407 e. The normalized spacial score (nSPS) is 24.5. The van der Waals surface area contributed by atoms with Crippen molar-refractivity contribution in [1.29, 1.82) is 0 Å². The molecular formula is C11H18N4O2. The number of aliphatic hydroxyl groups excluding tert-OH is 1. The summed E-state index contributed by atoms with van der Waals surface area (Å²) in [6.07, 6.45) is 4.57. The molecule has 0 amide bonds. The Balaban J connectivity index is 1.62. The van der Waals surface area contributed by atoms with Crippen LogP contribution in [0.3, 0.4) is 0 Å². The minimum absolute atomic E-state index is 0.139. The summed E-state index contributed by atoms with van der Waals surface area (Å²) in [5.41, 5.74) is 0. The summed E-state index contributed by atoms with van der Waals surface area (Å²) in [4.78, 5) is 2.01. The lowest BCUT2D eigenvalue weighted by Crippen LogP contribution is -2.32. The van der Waals surface area contributed by atoms with Crippen LogP contribution < -0.4 is 10.2 Å². The lowest BCUT2D eigenvalue weighted by molar-refractivity contribution is 0.262. The average Bonchev–Trinajstić information content (AvgIpc) is 2.89. The van der Waals surface area contributed by atoms with E-state index in [2.05, 4.69) is 15.5 Å². The Kier molecular flexibility index (Phi) is 2.98. The van der Waals surface area contributed by atoms with Gasteiger partial charge in [0.2, 0.25) is 5.89 Å². The van der Waals surface area contributed by atoms with Gasteiger partial charge in [0.15, 0.2) is 0 Å². The van der Waals surface area contributed by atoms with Gasteiger partial charge >= 0.3 is 6.01 Å². The molecule has 0 aromatic carbocycles. The van der Waals surface area contributed by atoms with Crippen LogP contribution in [0, 0.1) is 0 Å². The zero-order valence-corrected chi connectivity index (χ0v) is 9.80. The van der Waals surface area contributed by atoms with E-state index in [1.807, 2.05) is 4.90 Å². The van der Waals surface area contributed by atoms with Crippen LogP contribution in [0.4, 0.5) is 6.01 Å². The second kappa shape index (κ2) is 4.62. The molecule has 2 fully saturated rings. The summed E-state index contributed by atoms with van der Waals surface area (Å²) in [5.74, 6) is 0.635. The average molecular weight is 238 g/mol. The van der Waals surface area contributed by atoms with E-state index in [9.17, 15) is 5.11 Å². The van der Waals surface area contributed by atoms with Gasteiger partial charge in [-0.2, -0.15) is 0 Å². The standard InChI is InChI=1S/C11H18N4O2/c16-7-9-2-1-5-15(9)11-14-13-10(17-11)6-12-8-3-4-8/h8-9,12,16H,1-7H2. The second-order valence-electron chi connectivity index (χ2n) is 4.81. The van der Waals surface area contributed by atoms with Gasteiger partial charge in [0.1, 0.15) is 0 Å². The first-order chi connectivity index (χ1) is 8.36. The maximum absolute atomic E-state index is 9.25. The predicted molar refractivity (Wildman–Crippen MR) is 61.6 cm³/mol. The van der Waals surface area contributed by atoms with Crippen molar-refractivity contribution in [2.45, 2.75) is 44.3 Å². The largest absolute Gasteiger partial charge is 0.407 e. The highest BCUT2D eigenvalue weighted by atomic mass is 16.4. The first-order valence-electron chi connectivity index (χ1n) is 6.30. The molecule has 1 saturated heterocycles. The highest BCUT2D eigenvalue weighted by molar-refractivity contribution is 5.28. The van der Waals surface area contributed by atoms with Crippen molar-refractivity contribution < 1.29 is 9.52 Å². The van der Waals surface area contributed by atoms with Gasteiger partial charge in [-0.1, -0.05) is 5.10 Å². The van der Waals surface area contributed by atoms with Crippen molar-refractivity contribution in [2.24, 2.45) is 0 Å². The SMILES string of the molecule is OCC1CCCN1c1nnc(CNC2CC2)o1. The van der Waals surface area contributed by atoms with Crippen molar-refractivity contribution in [2.75, 3.05) is 18.1 Å². The molecule has 6 nitrogen and oxygen atoms in total. The number of hydrogen-bond acceptors (Lipinski definition) is 6. The van der Waals surface area contributed by atoms with E-state index in [1.54, 1.807) is 0 Å². The van der Waals surface area contributed by atoms with E-state index >= 15 is 0 Å². The highest BCUT2D eigenvalue weighted by Crippen LogP contribution is 2.24. The molecule has 1 aromatic rings. The molecule has 2 aliphatic rings. The van der Waals surface area contributed by atoms with Crippen LogP contribution in [0.15, 0.2) is 4.42 Å². The fourth-order valence-electron chi connectivity index (χ4n) is 2.23. The molecule has 1 atom stereocenters. The topological polar surface area (TPSA) is 74.4 Å². The first kappa shape index (κ1) is 11.0. The van der Waals surface area contributed by atoms with Gasteiger partial charge < -0.3 is 19.7 Å². The molecule has 1 aliphatic carbocycles. The monoisotopic (exact) mass is 238 g/mol. The maximum atomic E-state index is 9.25. The summed E-state index contributed by atoms with van der Waals surface area (Å²) >= 11 is 0. The van der Waals surface area contributed by atoms with Gasteiger partial charge in [0, 0.05) is 12.6 Å². The van der Waals surface area contributed by atoms with Crippen molar-refractivity contribution in [3.8, 4) is 0 Å². The van der Waals surface area contributed by atoms with Gasteiger partial charge in [-0.05, 0) is 25.7 Å². The summed E-state index contributed by atoms with van der Waals surface area (Å²) in [7, 11) is 0. The van der Waals surface area contributed by atoms with Crippen LogP contribution in [-0.4, -0.2) is 40.5 Å². The van der Waals surface area contributed by atoms with Gasteiger partial charge in [-0.15, -0.1) is 5.10 Å². The fourth-order valence-corrected chi connectivity index (χ4v) is 2.23.